The minimum absolute atomic E-state index is 0.136. The molecule has 104 valence electrons. The van der Waals surface area contributed by atoms with E-state index in [1.807, 2.05) is 11.9 Å². The van der Waals surface area contributed by atoms with Crippen molar-refractivity contribution >= 4 is 5.91 Å². The lowest BCUT2D eigenvalue weighted by Gasteiger charge is -2.35. The van der Waals surface area contributed by atoms with Crippen molar-refractivity contribution in [3.63, 3.8) is 0 Å². The molecule has 2 rings (SSSR count). The molecular formula is C14H21N3O2. The van der Waals surface area contributed by atoms with Crippen molar-refractivity contribution in [2.24, 2.45) is 0 Å². The van der Waals surface area contributed by atoms with Crippen LogP contribution in [0.15, 0.2) is 23.3 Å². The van der Waals surface area contributed by atoms with Gasteiger partial charge in [0, 0.05) is 31.0 Å². The number of nitrogens with zero attached hydrogens (tertiary/aromatic N) is 1. The van der Waals surface area contributed by atoms with Gasteiger partial charge in [-0.1, -0.05) is 0 Å². The average Bonchev–Trinajstić information content (AvgIpc) is 2.45. The maximum atomic E-state index is 12.5. The van der Waals surface area contributed by atoms with Gasteiger partial charge in [-0.3, -0.25) is 9.59 Å². The quantitative estimate of drug-likeness (QED) is 0.851. The van der Waals surface area contributed by atoms with Crippen LogP contribution in [-0.4, -0.2) is 42.0 Å². The Hall–Kier alpha value is -1.62. The van der Waals surface area contributed by atoms with Crippen molar-refractivity contribution in [3.8, 4) is 0 Å². The van der Waals surface area contributed by atoms with Crippen LogP contribution in [0.2, 0.25) is 0 Å². The van der Waals surface area contributed by atoms with Gasteiger partial charge in [0.2, 0.25) is 0 Å². The van der Waals surface area contributed by atoms with Crippen molar-refractivity contribution in [3.05, 3.63) is 34.2 Å². The van der Waals surface area contributed by atoms with Crippen LogP contribution in [0.4, 0.5) is 0 Å². The molecule has 1 aliphatic rings. The molecule has 0 radical (unpaired) electrons. The van der Waals surface area contributed by atoms with Crippen LogP contribution < -0.4 is 10.7 Å². The lowest BCUT2D eigenvalue weighted by atomic mass is 9.98. The Kier molecular flexibility index (Phi) is 4.74. The molecule has 0 aromatic carbocycles. The van der Waals surface area contributed by atoms with E-state index in [1.165, 1.54) is 12.3 Å². The standard InChI is InChI=1S/C14H21N3O2/c1-15-7-5-11-4-2-3-9-17(11)14(19)12-10-16-8-6-13(12)18/h6,8,10-11,15H,2-5,7,9H2,1H3,(H,16,18). The number of rotatable bonds is 4. The average molecular weight is 263 g/mol. The highest BCUT2D eigenvalue weighted by Gasteiger charge is 2.28. The Balaban J connectivity index is 2.15. The molecule has 2 N–H and O–H groups in total. The molecule has 19 heavy (non-hydrogen) atoms. The number of amides is 1. The monoisotopic (exact) mass is 263 g/mol. The first-order valence-electron chi connectivity index (χ1n) is 6.86. The number of H-pyrrole nitrogens is 1. The normalized spacial score (nSPS) is 19.4. The summed E-state index contributed by atoms with van der Waals surface area (Å²) in [6, 6.07) is 1.65. The van der Waals surface area contributed by atoms with E-state index < -0.39 is 0 Å². The number of piperidine rings is 1. The third-order valence-electron chi connectivity index (χ3n) is 3.67. The van der Waals surface area contributed by atoms with Crippen molar-refractivity contribution in [2.75, 3.05) is 20.1 Å². The zero-order valence-electron chi connectivity index (χ0n) is 11.3. The van der Waals surface area contributed by atoms with Crippen LogP contribution in [0.25, 0.3) is 0 Å². The molecule has 1 aromatic rings. The van der Waals surface area contributed by atoms with Crippen molar-refractivity contribution < 1.29 is 4.79 Å². The highest BCUT2D eigenvalue weighted by atomic mass is 16.2. The lowest BCUT2D eigenvalue weighted by Crippen LogP contribution is -2.46. The Morgan fingerprint density at radius 3 is 3.11 bits per heavy atom. The van der Waals surface area contributed by atoms with Gasteiger partial charge in [0.1, 0.15) is 5.56 Å². The smallest absolute Gasteiger partial charge is 0.259 e. The topological polar surface area (TPSA) is 65.2 Å². The maximum Gasteiger partial charge on any atom is 0.259 e. The van der Waals surface area contributed by atoms with E-state index in [4.69, 9.17) is 0 Å². The summed E-state index contributed by atoms with van der Waals surface area (Å²) >= 11 is 0. The number of hydrogen-bond acceptors (Lipinski definition) is 3. The SMILES string of the molecule is CNCCC1CCCCN1C(=O)c1c[nH]ccc1=O. The van der Waals surface area contributed by atoms with Gasteiger partial charge in [0.25, 0.3) is 5.91 Å². The molecule has 1 amide bonds. The van der Waals surface area contributed by atoms with Gasteiger partial charge in [-0.25, -0.2) is 0 Å². The fourth-order valence-electron chi connectivity index (χ4n) is 2.62. The number of aromatic amines is 1. The van der Waals surface area contributed by atoms with Crippen LogP contribution in [0.3, 0.4) is 0 Å². The van der Waals surface area contributed by atoms with Gasteiger partial charge in [-0.15, -0.1) is 0 Å². The highest BCUT2D eigenvalue weighted by Crippen LogP contribution is 2.20. The number of aromatic nitrogens is 1. The van der Waals surface area contributed by atoms with E-state index in [0.29, 0.717) is 0 Å². The molecule has 1 unspecified atom stereocenters. The Labute approximate surface area is 113 Å². The maximum absolute atomic E-state index is 12.5. The largest absolute Gasteiger partial charge is 0.367 e. The second-order valence-electron chi connectivity index (χ2n) is 4.96. The van der Waals surface area contributed by atoms with Crippen LogP contribution in [0.1, 0.15) is 36.0 Å². The first-order chi connectivity index (χ1) is 9.24. The molecule has 0 saturated carbocycles. The Morgan fingerprint density at radius 1 is 1.53 bits per heavy atom. The van der Waals surface area contributed by atoms with Crippen molar-refractivity contribution in [2.45, 2.75) is 31.7 Å². The van der Waals surface area contributed by atoms with E-state index in [2.05, 4.69) is 10.3 Å². The molecule has 1 aromatic heterocycles. The molecule has 5 nitrogen and oxygen atoms in total. The summed E-state index contributed by atoms with van der Waals surface area (Å²) in [4.78, 5) is 28.9. The third-order valence-corrected chi connectivity index (χ3v) is 3.67. The number of carbonyl (C=O) groups is 1. The minimum atomic E-state index is -0.207. The molecule has 2 heterocycles. The second-order valence-corrected chi connectivity index (χ2v) is 4.96. The van der Waals surface area contributed by atoms with E-state index in [9.17, 15) is 9.59 Å². The number of hydrogen-bond donors (Lipinski definition) is 2. The van der Waals surface area contributed by atoms with Crippen molar-refractivity contribution in [1.29, 1.82) is 0 Å². The summed E-state index contributed by atoms with van der Waals surface area (Å²) in [6.07, 6.45) is 7.20. The molecule has 0 spiro atoms. The van der Waals surface area contributed by atoms with Gasteiger partial charge in [0.15, 0.2) is 5.43 Å². The summed E-state index contributed by atoms with van der Waals surface area (Å²) in [5.74, 6) is -0.136. The van der Waals surface area contributed by atoms with Crippen LogP contribution in [0.5, 0.6) is 0 Å². The van der Waals surface area contributed by atoms with Crippen LogP contribution >= 0.6 is 0 Å². The number of carbonyl (C=O) groups excluding carboxylic acids is 1. The Bertz CT molecular complexity index is 484. The van der Waals surface area contributed by atoms with Crippen molar-refractivity contribution in [1.82, 2.24) is 15.2 Å². The lowest BCUT2D eigenvalue weighted by molar-refractivity contribution is 0.0601. The number of pyridine rings is 1. The second kappa shape index (κ2) is 6.52. The van der Waals surface area contributed by atoms with Crippen LogP contribution in [-0.2, 0) is 0 Å². The van der Waals surface area contributed by atoms with Gasteiger partial charge in [-0.05, 0) is 39.3 Å². The first kappa shape index (κ1) is 13.8. The predicted octanol–water partition coefficient (Wildman–Crippen LogP) is 0.979. The number of likely N-dealkylation sites (tertiary alicyclic amines) is 1. The predicted molar refractivity (Wildman–Crippen MR) is 74.3 cm³/mol. The zero-order chi connectivity index (χ0) is 13.7. The zero-order valence-corrected chi connectivity index (χ0v) is 11.3. The summed E-state index contributed by atoms with van der Waals surface area (Å²) < 4.78 is 0. The van der Waals surface area contributed by atoms with Gasteiger partial charge in [0.05, 0.1) is 0 Å². The molecular weight excluding hydrogens is 242 g/mol. The molecule has 0 bridgehead atoms. The summed E-state index contributed by atoms with van der Waals surface area (Å²) in [5.41, 5.74) is 0.0422. The third kappa shape index (κ3) is 3.23. The molecule has 0 aliphatic carbocycles. The number of nitrogens with one attached hydrogen (secondary N) is 2. The molecule has 1 saturated heterocycles. The molecule has 1 fully saturated rings. The Morgan fingerprint density at radius 2 is 2.37 bits per heavy atom. The van der Waals surface area contributed by atoms with E-state index in [0.717, 1.165) is 38.8 Å². The van der Waals surface area contributed by atoms with Gasteiger partial charge < -0.3 is 15.2 Å². The first-order valence-corrected chi connectivity index (χ1v) is 6.86. The molecule has 1 atom stereocenters. The van der Waals surface area contributed by atoms with Gasteiger partial charge in [-0.2, -0.15) is 0 Å². The fourth-order valence-corrected chi connectivity index (χ4v) is 2.62. The van der Waals surface area contributed by atoms with Crippen LogP contribution in [0, 0.1) is 0 Å². The summed E-state index contributed by atoms with van der Waals surface area (Å²) in [7, 11) is 1.91. The van der Waals surface area contributed by atoms with E-state index in [1.54, 1.807) is 6.20 Å². The summed E-state index contributed by atoms with van der Waals surface area (Å²) in [5, 5.41) is 3.12. The van der Waals surface area contributed by atoms with E-state index >= 15 is 0 Å². The molecule has 5 heteroatoms. The summed E-state index contributed by atoms with van der Waals surface area (Å²) in [6.45, 7) is 1.64. The van der Waals surface area contributed by atoms with Gasteiger partial charge >= 0.3 is 0 Å². The minimum Gasteiger partial charge on any atom is -0.367 e. The fraction of sp³-hybridized carbons (Fsp3) is 0.571. The van der Waals surface area contributed by atoms with E-state index in [-0.39, 0.29) is 22.9 Å². The molecule has 1 aliphatic heterocycles. The highest BCUT2D eigenvalue weighted by molar-refractivity contribution is 5.94.